The van der Waals surface area contributed by atoms with Gasteiger partial charge in [-0.1, -0.05) is 60.7 Å². The summed E-state index contributed by atoms with van der Waals surface area (Å²) < 4.78 is 24.7. The minimum absolute atomic E-state index is 0.0583. The molecule has 0 aromatic heterocycles. The minimum atomic E-state index is -0.774. The van der Waals surface area contributed by atoms with E-state index >= 15 is 0 Å². The van der Waals surface area contributed by atoms with E-state index in [2.05, 4.69) is 29.2 Å². The summed E-state index contributed by atoms with van der Waals surface area (Å²) in [5.41, 5.74) is 2.36. The molecule has 0 amide bonds. The molecule has 4 atom stereocenters. The topological polar surface area (TPSA) is 60.4 Å². The van der Waals surface area contributed by atoms with Crippen molar-refractivity contribution in [1.82, 2.24) is 4.90 Å². The molecule has 4 rings (SSSR count). The van der Waals surface area contributed by atoms with E-state index in [0.29, 0.717) is 19.7 Å². The predicted molar refractivity (Wildman–Crippen MR) is 122 cm³/mol. The lowest BCUT2D eigenvalue weighted by Crippen LogP contribution is -2.52. The fourth-order valence-electron chi connectivity index (χ4n) is 4.63. The molecule has 2 aliphatic rings. The van der Waals surface area contributed by atoms with Gasteiger partial charge in [0, 0.05) is 13.1 Å². The lowest BCUT2D eigenvalue weighted by atomic mass is 9.99. The summed E-state index contributed by atoms with van der Waals surface area (Å²) in [5.74, 6) is -1.43. The molecule has 2 aliphatic heterocycles. The number of rotatable bonds is 8. The van der Waals surface area contributed by atoms with Crippen LogP contribution in [0.2, 0.25) is 0 Å². The second kappa shape index (κ2) is 9.59. The molecule has 32 heavy (non-hydrogen) atoms. The van der Waals surface area contributed by atoms with Gasteiger partial charge in [0.15, 0.2) is 11.6 Å². The molecule has 6 heteroatoms. The third-order valence-electron chi connectivity index (χ3n) is 6.05. The van der Waals surface area contributed by atoms with Gasteiger partial charge >= 0.3 is 0 Å². The van der Waals surface area contributed by atoms with Crippen LogP contribution in [0.5, 0.6) is 0 Å². The van der Waals surface area contributed by atoms with Gasteiger partial charge in [-0.15, -0.1) is 0 Å². The molecule has 2 saturated heterocycles. The molecule has 0 spiro atoms. The maximum Gasteiger partial charge on any atom is 0.163 e. The largest absolute Gasteiger partial charge is 0.395 e. The standard InChI is InChI=1S/C26H35NO5/c1-25(2)29-18-22(30-25)24-23(31-26(3,4)32-24)21(17-28)27(15-19-11-7-5-8-12-19)16-20-13-9-6-10-14-20/h5-14,21-24,28H,15-18H2,1-4H3/t21-,22-,23+,24-/m1/s1. The second-order valence-electron chi connectivity index (χ2n) is 9.56. The lowest BCUT2D eigenvalue weighted by Gasteiger charge is -2.36. The molecule has 0 saturated carbocycles. The second-order valence-corrected chi connectivity index (χ2v) is 9.56. The Bertz CT molecular complexity index is 816. The molecule has 6 nitrogen and oxygen atoms in total. The smallest absolute Gasteiger partial charge is 0.163 e. The Morgan fingerprint density at radius 2 is 1.41 bits per heavy atom. The van der Waals surface area contributed by atoms with Gasteiger partial charge in [-0.2, -0.15) is 0 Å². The highest BCUT2D eigenvalue weighted by Gasteiger charge is 2.53. The van der Waals surface area contributed by atoms with E-state index in [-0.39, 0.29) is 31.0 Å². The summed E-state index contributed by atoms with van der Waals surface area (Å²) in [7, 11) is 0. The SMILES string of the molecule is CC1(C)O[C@@H]([C@@H](CO)N(Cc2ccccc2)Cc2ccccc2)[C@@H]([C@H]2COC(C)(C)O2)O1. The molecule has 2 aromatic carbocycles. The quantitative estimate of drug-likeness (QED) is 0.674. The molecular weight excluding hydrogens is 406 g/mol. The normalized spacial score (nSPS) is 27.6. The summed E-state index contributed by atoms with van der Waals surface area (Å²) in [6.07, 6.45) is -0.982. The van der Waals surface area contributed by atoms with Crippen LogP contribution in [0.3, 0.4) is 0 Å². The summed E-state index contributed by atoms with van der Waals surface area (Å²) in [4.78, 5) is 2.27. The average molecular weight is 442 g/mol. The molecular formula is C26H35NO5. The van der Waals surface area contributed by atoms with Crippen LogP contribution in [0.1, 0.15) is 38.8 Å². The first-order chi connectivity index (χ1) is 15.3. The van der Waals surface area contributed by atoms with Crippen molar-refractivity contribution >= 4 is 0 Å². The summed E-state index contributed by atoms with van der Waals surface area (Å²) >= 11 is 0. The molecule has 0 aliphatic carbocycles. The van der Waals surface area contributed by atoms with Crippen molar-refractivity contribution in [3.8, 4) is 0 Å². The van der Waals surface area contributed by atoms with Crippen LogP contribution in [0.15, 0.2) is 60.7 Å². The van der Waals surface area contributed by atoms with Crippen LogP contribution in [0, 0.1) is 0 Å². The van der Waals surface area contributed by atoms with Gasteiger partial charge in [-0.25, -0.2) is 0 Å². The molecule has 0 bridgehead atoms. The third-order valence-corrected chi connectivity index (χ3v) is 6.05. The number of aliphatic hydroxyl groups is 1. The van der Waals surface area contributed by atoms with Crippen molar-refractivity contribution in [3.05, 3.63) is 71.8 Å². The van der Waals surface area contributed by atoms with Gasteiger partial charge in [0.2, 0.25) is 0 Å². The maximum atomic E-state index is 10.6. The van der Waals surface area contributed by atoms with Crippen molar-refractivity contribution in [2.75, 3.05) is 13.2 Å². The first-order valence-corrected chi connectivity index (χ1v) is 11.4. The zero-order valence-electron chi connectivity index (χ0n) is 19.4. The first kappa shape index (κ1) is 23.4. The van der Waals surface area contributed by atoms with E-state index in [9.17, 15) is 5.11 Å². The molecule has 2 fully saturated rings. The van der Waals surface area contributed by atoms with Gasteiger partial charge in [-0.05, 0) is 38.8 Å². The number of hydrogen-bond acceptors (Lipinski definition) is 6. The van der Waals surface area contributed by atoms with Gasteiger partial charge in [0.25, 0.3) is 0 Å². The first-order valence-electron chi connectivity index (χ1n) is 11.4. The average Bonchev–Trinajstić information content (AvgIpc) is 3.28. The Kier molecular flexibility index (Phi) is 7.00. The predicted octanol–water partition coefficient (Wildman–Crippen LogP) is 3.72. The number of aliphatic hydroxyl groups excluding tert-OH is 1. The van der Waals surface area contributed by atoms with Gasteiger partial charge in [-0.3, -0.25) is 4.90 Å². The van der Waals surface area contributed by atoms with Crippen LogP contribution < -0.4 is 0 Å². The molecule has 1 N–H and O–H groups in total. The molecule has 2 aromatic rings. The van der Waals surface area contributed by atoms with Crippen molar-refractivity contribution in [1.29, 1.82) is 0 Å². The van der Waals surface area contributed by atoms with Crippen LogP contribution in [0.25, 0.3) is 0 Å². The van der Waals surface area contributed by atoms with Gasteiger partial charge in [0.05, 0.1) is 19.3 Å². The summed E-state index contributed by atoms with van der Waals surface area (Å²) in [6.45, 7) is 9.37. The van der Waals surface area contributed by atoms with Gasteiger partial charge < -0.3 is 24.1 Å². The van der Waals surface area contributed by atoms with Crippen molar-refractivity contribution in [2.24, 2.45) is 0 Å². The fourth-order valence-corrected chi connectivity index (χ4v) is 4.63. The third kappa shape index (κ3) is 5.57. The number of nitrogens with zero attached hydrogens (tertiary/aromatic N) is 1. The van der Waals surface area contributed by atoms with Crippen molar-refractivity contribution < 1.29 is 24.1 Å². The van der Waals surface area contributed by atoms with Crippen molar-refractivity contribution in [2.45, 2.75) is 76.7 Å². The van der Waals surface area contributed by atoms with Crippen LogP contribution >= 0.6 is 0 Å². The van der Waals surface area contributed by atoms with Gasteiger partial charge in [0.1, 0.15) is 18.3 Å². The van der Waals surface area contributed by atoms with E-state index in [1.165, 1.54) is 11.1 Å². The zero-order chi connectivity index (χ0) is 22.8. The number of ether oxygens (including phenoxy) is 4. The fraction of sp³-hybridized carbons (Fsp3) is 0.538. The molecule has 0 unspecified atom stereocenters. The minimum Gasteiger partial charge on any atom is -0.395 e. The Hall–Kier alpha value is -1.80. The Morgan fingerprint density at radius 3 is 1.88 bits per heavy atom. The molecule has 2 heterocycles. The molecule has 0 radical (unpaired) electrons. The Labute approximate surface area is 191 Å². The van der Waals surface area contributed by atoms with E-state index < -0.39 is 11.6 Å². The number of hydrogen-bond donors (Lipinski definition) is 1. The molecule has 174 valence electrons. The van der Waals surface area contributed by atoms with E-state index in [1.54, 1.807) is 0 Å². The Balaban J connectivity index is 1.62. The van der Waals surface area contributed by atoms with Crippen LogP contribution in [0.4, 0.5) is 0 Å². The van der Waals surface area contributed by atoms with Crippen LogP contribution in [-0.4, -0.2) is 59.1 Å². The number of benzene rings is 2. The lowest BCUT2D eigenvalue weighted by molar-refractivity contribution is -0.175. The van der Waals surface area contributed by atoms with Crippen molar-refractivity contribution in [3.63, 3.8) is 0 Å². The highest BCUT2D eigenvalue weighted by atomic mass is 16.8. The van der Waals surface area contributed by atoms with E-state index in [4.69, 9.17) is 18.9 Å². The highest BCUT2D eigenvalue weighted by Crippen LogP contribution is 2.38. The highest BCUT2D eigenvalue weighted by molar-refractivity contribution is 5.18. The summed E-state index contributed by atoms with van der Waals surface area (Å²) in [6, 6.07) is 20.3. The van der Waals surface area contributed by atoms with E-state index in [0.717, 1.165) is 0 Å². The Morgan fingerprint density at radius 1 is 0.844 bits per heavy atom. The maximum absolute atomic E-state index is 10.6. The zero-order valence-corrected chi connectivity index (χ0v) is 19.4. The van der Waals surface area contributed by atoms with Crippen LogP contribution in [-0.2, 0) is 32.0 Å². The monoisotopic (exact) mass is 441 g/mol. The van der Waals surface area contributed by atoms with E-state index in [1.807, 2.05) is 64.1 Å². The summed E-state index contributed by atoms with van der Waals surface area (Å²) in [5, 5.41) is 10.6.